The van der Waals surface area contributed by atoms with Gasteiger partial charge in [-0.1, -0.05) is 0 Å². The second-order valence-electron chi connectivity index (χ2n) is 1.50. The monoisotopic (exact) mass is 238 g/mol. The Hall–Kier alpha value is -0.200. The Morgan fingerprint density at radius 2 is 1.08 bits per heavy atom. The van der Waals surface area contributed by atoms with Crippen LogP contribution >= 0.6 is 0 Å². The van der Waals surface area contributed by atoms with Gasteiger partial charge in [0.25, 0.3) is 0 Å². The van der Waals surface area contributed by atoms with Crippen LogP contribution in [0.25, 0.3) is 0 Å². The van der Waals surface area contributed by atoms with E-state index in [4.69, 9.17) is 18.2 Å². The van der Waals surface area contributed by atoms with Crippen molar-refractivity contribution < 1.29 is 26.6 Å². The van der Waals surface area contributed by atoms with Crippen molar-refractivity contribution in [2.75, 3.05) is 7.05 Å². The Bertz CT molecular complexity index is 233. The Morgan fingerprint density at radius 3 is 1.08 bits per heavy atom. The highest BCUT2D eigenvalue weighted by Crippen LogP contribution is 1.60. The molecule has 0 unspecified atom stereocenters. The lowest BCUT2D eigenvalue weighted by molar-refractivity contribution is 0.446. The third kappa shape index (κ3) is 28300. The summed E-state index contributed by atoms with van der Waals surface area (Å²) in [7, 11) is -5.68. The molecule has 0 fully saturated rings. The van der Waals surface area contributed by atoms with Crippen LogP contribution in [0.15, 0.2) is 0 Å². The van der Waals surface area contributed by atoms with Crippen molar-refractivity contribution in [1.82, 2.24) is 5.43 Å². The van der Waals surface area contributed by atoms with Gasteiger partial charge in [0, 0.05) is 11.7 Å². The van der Waals surface area contributed by atoms with E-state index in [0.29, 0.717) is 0 Å². The van der Waals surface area contributed by atoms with Crippen LogP contribution in [0, 0.1) is 0 Å². The zero-order chi connectivity index (χ0) is 11.7. The SMILES string of the molecule is C=S(=O)(O)O.C=S(=O)(O)O.CNN. The summed E-state index contributed by atoms with van der Waals surface area (Å²) in [5, 5.41) is 0. The van der Waals surface area contributed by atoms with Crippen molar-refractivity contribution in [3.63, 3.8) is 0 Å². The molecule has 0 amide bonds. The van der Waals surface area contributed by atoms with E-state index >= 15 is 0 Å². The van der Waals surface area contributed by atoms with Crippen molar-refractivity contribution in [3.05, 3.63) is 0 Å². The second kappa shape index (κ2) is 8.40. The minimum Gasteiger partial charge on any atom is -0.294 e. The summed E-state index contributed by atoms with van der Waals surface area (Å²) in [6, 6.07) is 0. The van der Waals surface area contributed by atoms with Crippen LogP contribution in [0.2, 0.25) is 0 Å². The molecular weight excluding hydrogens is 224 g/mol. The minimum absolute atomic E-state index is 1.65. The molecule has 0 aliphatic heterocycles. The molecule has 0 saturated carbocycles. The third-order valence-electron chi connectivity index (χ3n) is 0. The molecule has 10 heteroatoms. The van der Waals surface area contributed by atoms with Gasteiger partial charge in [-0.05, 0) is 7.05 Å². The molecule has 0 rings (SSSR count). The predicted molar refractivity (Wildman–Crippen MR) is 54.3 cm³/mol. The largest absolute Gasteiger partial charge is 0.294 e. The smallest absolute Gasteiger partial charge is 0.193 e. The van der Waals surface area contributed by atoms with Crippen molar-refractivity contribution in [1.29, 1.82) is 0 Å². The van der Waals surface area contributed by atoms with Gasteiger partial charge in [0.05, 0.1) is 0 Å². The number of nitrogens with one attached hydrogen (secondary N) is 1. The van der Waals surface area contributed by atoms with E-state index in [1.165, 1.54) is 0 Å². The molecule has 7 N–H and O–H groups in total. The molecule has 0 saturated heterocycles. The van der Waals surface area contributed by atoms with Gasteiger partial charge in [-0.25, -0.2) is 8.42 Å². The van der Waals surface area contributed by atoms with Crippen LogP contribution in [0.3, 0.4) is 0 Å². The number of hydrogen-bond acceptors (Lipinski definition) is 4. The normalized spacial score (nSPS) is 10.3. The minimum atomic E-state index is -3.67. The lowest BCUT2D eigenvalue weighted by atomic mass is 11.5. The van der Waals surface area contributed by atoms with E-state index < -0.39 is 20.2 Å². The van der Waals surface area contributed by atoms with Crippen molar-refractivity contribution in [3.8, 4) is 0 Å². The quantitative estimate of drug-likeness (QED) is 0.167. The van der Waals surface area contributed by atoms with Crippen molar-refractivity contribution >= 4 is 31.9 Å². The van der Waals surface area contributed by atoms with E-state index in [9.17, 15) is 8.42 Å². The Labute approximate surface area is 77.4 Å². The fourth-order valence-electron chi connectivity index (χ4n) is 0. The zero-order valence-electron chi connectivity index (χ0n) is 6.91. The average molecular weight is 238 g/mol. The lowest BCUT2D eigenvalue weighted by Crippen LogP contribution is -2.13. The number of nitrogens with two attached hydrogens (primary N) is 1. The summed E-state index contributed by atoms with van der Waals surface area (Å²) in [5.41, 5.74) is 2.25. The standard InChI is InChI=1S/CH6N2.2CH4O3S/c1-3-2;2*1-5(2,3)4/h3H,2H2,1H3;2*1H2,(H2,2,3,4). The van der Waals surface area contributed by atoms with E-state index in [2.05, 4.69) is 23.0 Å². The molecule has 13 heavy (non-hydrogen) atoms. The highest BCUT2D eigenvalue weighted by Gasteiger charge is 1.73. The molecule has 0 aliphatic carbocycles. The van der Waals surface area contributed by atoms with Crippen LogP contribution in [0.4, 0.5) is 0 Å². The van der Waals surface area contributed by atoms with Gasteiger partial charge >= 0.3 is 0 Å². The maximum Gasteiger partial charge on any atom is 0.193 e. The van der Waals surface area contributed by atoms with Gasteiger partial charge in [0.15, 0.2) is 20.2 Å². The number of rotatable bonds is 0. The molecule has 0 radical (unpaired) electrons. The average Bonchev–Trinajstić information content (AvgIpc) is 1.52. The predicted octanol–water partition coefficient (Wildman–Crippen LogP) is -1.62. The van der Waals surface area contributed by atoms with E-state index in [1.54, 1.807) is 7.05 Å². The second-order valence-corrected chi connectivity index (χ2v) is 3.93. The topological polar surface area (TPSA) is 153 Å². The van der Waals surface area contributed by atoms with Crippen LogP contribution in [-0.2, 0) is 20.2 Å². The first-order valence-electron chi connectivity index (χ1n) is 2.43. The van der Waals surface area contributed by atoms with Crippen LogP contribution in [-0.4, -0.2) is 45.4 Å². The van der Waals surface area contributed by atoms with E-state index in [-0.39, 0.29) is 0 Å². The summed E-state index contributed by atoms with van der Waals surface area (Å²) in [6.07, 6.45) is 0. The highest BCUT2D eigenvalue weighted by molar-refractivity contribution is 7.89. The molecule has 8 nitrogen and oxygen atoms in total. The number of hydrazine groups is 1. The molecule has 0 heterocycles. The molecule has 0 spiro atoms. The molecule has 84 valence electrons. The Balaban J connectivity index is -0.000000120. The first kappa shape index (κ1) is 18.6. The molecule has 0 bridgehead atoms. The molecule has 0 atom stereocenters. The van der Waals surface area contributed by atoms with Gasteiger partial charge in [-0.15, -0.1) is 0 Å². The number of hydrogen-bond donors (Lipinski definition) is 6. The summed E-state index contributed by atoms with van der Waals surface area (Å²) in [4.78, 5) is 0. The molecule has 0 aromatic rings. The third-order valence-corrected chi connectivity index (χ3v) is 0. The van der Waals surface area contributed by atoms with E-state index in [0.717, 1.165) is 0 Å². The summed E-state index contributed by atoms with van der Waals surface area (Å²) in [6.45, 7) is 0. The molecular formula is C3H14N2O6S2. The summed E-state index contributed by atoms with van der Waals surface area (Å²) < 4.78 is 48.3. The van der Waals surface area contributed by atoms with Gasteiger partial charge in [-0.3, -0.25) is 29.5 Å². The fraction of sp³-hybridized carbons (Fsp3) is 0.333. The highest BCUT2D eigenvalue weighted by atomic mass is 32.2. The van der Waals surface area contributed by atoms with Gasteiger partial charge in [0.1, 0.15) is 0 Å². The summed E-state index contributed by atoms with van der Waals surface area (Å²) >= 11 is 0. The van der Waals surface area contributed by atoms with Gasteiger partial charge < -0.3 is 0 Å². The van der Waals surface area contributed by atoms with Crippen molar-refractivity contribution in [2.24, 2.45) is 5.84 Å². The fourth-order valence-corrected chi connectivity index (χ4v) is 0. The summed E-state index contributed by atoms with van der Waals surface area (Å²) in [5.74, 6) is 9.42. The molecule has 0 aliphatic rings. The first-order valence-corrected chi connectivity index (χ1v) is 5.71. The van der Waals surface area contributed by atoms with Crippen LogP contribution in [0.5, 0.6) is 0 Å². The maximum atomic E-state index is 9.19. The van der Waals surface area contributed by atoms with Crippen molar-refractivity contribution in [2.45, 2.75) is 0 Å². The van der Waals surface area contributed by atoms with E-state index in [1.807, 2.05) is 0 Å². The Kier molecular flexibility index (Phi) is 12.0. The Morgan fingerprint density at radius 1 is 1.08 bits per heavy atom. The van der Waals surface area contributed by atoms with Gasteiger partial charge in [0.2, 0.25) is 0 Å². The zero-order valence-corrected chi connectivity index (χ0v) is 8.55. The maximum absolute atomic E-state index is 9.19. The molecule has 0 aromatic carbocycles. The van der Waals surface area contributed by atoms with Crippen LogP contribution in [0.1, 0.15) is 0 Å². The van der Waals surface area contributed by atoms with Crippen LogP contribution < -0.4 is 11.3 Å². The first-order chi connectivity index (χ1) is 5.41. The molecule has 0 aromatic heterocycles. The lowest BCUT2D eigenvalue weighted by Gasteiger charge is -1.77. The van der Waals surface area contributed by atoms with Gasteiger partial charge in [-0.2, -0.15) is 0 Å².